The molecule has 4 nitrogen and oxygen atoms in total. The van der Waals surface area contributed by atoms with Crippen LogP contribution >= 0.6 is 34.8 Å². The molecule has 1 atom stereocenters. The van der Waals surface area contributed by atoms with Crippen LogP contribution in [0, 0.1) is 0 Å². The maximum Gasteiger partial charge on any atom is 0.320 e. The summed E-state index contributed by atoms with van der Waals surface area (Å²) in [6.07, 6.45) is 0.236. The molecule has 0 aliphatic carbocycles. The van der Waals surface area contributed by atoms with Crippen LogP contribution in [0.25, 0.3) is 0 Å². The normalized spacial score (nSPS) is 12.2. The molecule has 112 valence electrons. The van der Waals surface area contributed by atoms with Gasteiger partial charge >= 0.3 is 5.97 Å². The van der Waals surface area contributed by atoms with E-state index in [9.17, 15) is 4.79 Å². The zero-order valence-electron chi connectivity index (χ0n) is 10.9. The summed E-state index contributed by atoms with van der Waals surface area (Å²) in [4.78, 5) is 12.7. The highest BCUT2D eigenvalue weighted by molar-refractivity contribution is 6.33. The number of carbonyl (C=O) groups is 1. The Bertz CT molecular complexity index is 451. The minimum Gasteiger partial charge on any atom is -0.480 e. The number of hydrogen-bond donors (Lipinski definition) is 2. The fourth-order valence-corrected chi connectivity index (χ4v) is 2.56. The second kappa shape index (κ2) is 8.57. The lowest BCUT2D eigenvalue weighted by atomic mass is 10.1. The van der Waals surface area contributed by atoms with Gasteiger partial charge in [-0.3, -0.25) is 4.79 Å². The molecule has 0 unspecified atom stereocenters. The van der Waals surface area contributed by atoms with E-state index in [0.29, 0.717) is 29.9 Å². The summed E-state index contributed by atoms with van der Waals surface area (Å²) in [5.74, 6) is -0.0892. The van der Waals surface area contributed by atoms with E-state index < -0.39 is 12.0 Å². The molecule has 0 radical (unpaired) electrons. The van der Waals surface area contributed by atoms with Crippen LogP contribution in [0.3, 0.4) is 0 Å². The predicted molar refractivity (Wildman–Crippen MR) is 84.4 cm³/mol. The first-order chi connectivity index (χ1) is 9.49. The Morgan fingerprint density at radius 2 is 1.90 bits per heavy atom. The van der Waals surface area contributed by atoms with Gasteiger partial charge in [-0.25, -0.2) is 0 Å². The van der Waals surface area contributed by atoms with Crippen LogP contribution in [-0.2, 0) is 11.2 Å². The van der Waals surface area contributed by atoms with Crippen LogP contribution in [0.5, 0.6) is 0 Å². The summed E-state index contributed by atoms with van der Waals surface area (Å²) in [5.41, 5.74) is 7.12. The first-order valence-corrected chi connectivity index (χ1v) is 7.58. The first-order valence-electron chi connectivity index (χ1n) is 6.13. The molecule has 0 aromatic heterocycles. The van der Waals surface area contributed by atoms with E-state index in [0.717, 1.165) is 11.3 Å². The summed E-state index contributed by atoms with van der Waals surface area (Å²) >= 11 is 17.8. The fourth-order valence-electron chi connectivity index (χ4n) is 1.83. The maximum atomic E-state index is 10.7. The van der Waals surface area contributed by atoms with Crippen molar-refractivity contribution in [1.29, 1.82) is 0 Å². The van der Waals surface area contributed by atoms with Gasteiger partial charge in [0.15, 0.2) is 0 Å². The van der Waals surface area contributed by atoms with Crippen molar-refractivity contribution in [3.05, 3.63) is 28.8 Å². The largest absolute Gasteiger partial charge is 0.480 e. The Morgan fingerprint density at radius 1 is 1.30 bits per heavy atom. The summed E-state index contributed by atoms with van der Waals surface area (Å²) in [6.45, 7) is 1.28. The third-order valence-corrected chi connectivity index (χ3v) is 3.48. The standard InChI is InChI=1S/C13H17Cl3N2O2/c14-3-5-18(6-4-15)12-2-1-9(7-10(12)16)8-11(17)13(19)20/h1-2,7,11H,3-6,8,17H2,(H,19,20)/t11-/m0/s1. The van der Waals surface area contributed by atoms with Gasteiger partial charge in [-0.05, 0) is 24.1 Å². The number of benzene rings is 1. The van der Waals surface area contributed by atoms with Gasteiger partial charge in [0.25, 0.3) is 0 Å². The number of nitrogens with zero attached hydrogens (tertiary/aromatic N) is 1. The summed E-state index contributed by atoms with van der Waals surface area (Å²) < 4.78 is 0. The van der Waals surface area contributed by atoms with E-state index in [1.165, 1.54) is 0 Å². The smallest absolute Gasteiger partial charge is 0.320 e. The van der Waals surface area contributed by atoms with Crippen molar-refractivity contribution in [2.45, 2.75) is 12.5 Å². The molecule has 0 heterocycles. The van der Waals surface area contributed by atoms with Gasteiger partial charge in [-0.1, -0.05) is 17.7 Å². The molecule has 0 fully saturated rings. The van der Waals surface area contributed by atoms with Crippen LogP contribution in [0.15, 0.2) is 18.2 Å². The van der Waals surface area contributed by atoms with Gasteiger partial charge in [0.1, 0.15) is 6.04 Å². The van der Waals surface area contributed by atoms with Crippen LogP contribution in [0.4, 0.5) is 5.69 Å². The topological polar surface area (TPSA) is 66.6 Å². The number of rotatable bonds is 8. The molecule has 1 aromatic carbocycles. The Morgan fingerprint density at radius 3 is 2.35 bits per heavy atom. The molecule has 0 saturated carbocycles. The van der Waals surface area contributed by atoms with Gasteiger partial charge in [0.2, 0.25) is 0 Å². The molecule has 1 aromatic rings. The zero-order chi connectivity index (χ0) is 15.1. The molecular formula is C13H17Cl3N2O2. The highest BCUT2D eigenvalue weighted by atomic mass is 35.5. The minimum atomic E-state index is -1.03. The molecule has 20 heavy (non-hydrogen) atoms. The van der Waals surface area contributed by atoms with Crippen molar-refractivity contribution in [3.8, 4) is 0 Å². The number of carboxylic acid groups (broad SMARTS) is 1. The van der Waals surface area contributed by atoms with Gasteiger partial charge in [0, 0.05) is 24.8 Å². The number of anilines is 1. The monoisotopic (exact) mass is 338 g/mol. The van der Waals surface area contributed by atoms with Crippen LogP contribution in [0.2, 0.25) is 5.02 Å². The maximum absolute atomic E-state index is 10.7. The lowest BCUT2D eigenvalue weighted by Crippen LogP contribution is -2.32. The predicted octanol–water partition coefficient (Wildman–Crippen LogP) is 2.58. The van der Waals surface area contributed by atoms with E-state index in [2.05, 4.69) is 0 Å². The summed E-state index contributed by atoms with van der Waals surface area (Å²) in [7, 11) is 0. The highest BCUT2D eigenvalue weighted by Gasteiger charge is 2.14. The average Bonchev–Trinajstić information content (AvgIpc) is 2.38. The number of halogens is 3. The quantitative estimate of drug-likeness (QED) is 0.714. The number of hydrogen-bond acceptors (Lipinski definition) is 3. The van der Waals surface area contributed by atoms with Gasteiger partial charge in [-0.15, -0.1) is 23.2 Å². The van der Waals surface area contributed by atoms with E-state index in [1.807, 2.05) is 17.0 Å². The summed E-state index contributed by atoms with van der Waals surface area (Å²) in [6, 6.07) is 4.46. The van der Waals surface area contributed by atoms with Gasteiger partial charge in [0.05, 0.1) is 10.7 Å². The Kier molecular flexibility index (Phi) is 7.45. The Labute approximate surface area is 133 Å². The minimum absolute atomic E-state index is 0.236. The molecular weight excluding hydrogens is 323 g/mol. The lowest BCUT2D eigenvalue weighted by molar-refractivity contribution is -0.138. The SMILES string of the molecule is N[C@@H](Cc1ccc(N(CCCl)CCCl)c(Cl)c1)C(=O)O. The second-order valence-corrected chi connectivity index (χ2v) is 5.46. The Balaban J connectivity index is 2.88. The number of nitrogens with two attached hydrogens (primary N) is 1. The van der Waals surface area contributed by atoms with E-state index in [1.54, 1.807) is 6.07 Å². The average molecular weight is 340 g/mol. The third kappa shape index (κ3) is 5.02. The van der Waals surface area contributed by atoms with Crippen LogP contribution < -0.4 is 10.6 Å². The summed E-state index contributed by atoms with van der Waals surface area (Å²) in [5, 5.41) is 9.34. The Hall–Kier alpha value is -0.680. The van der Waals surface area contributed by atoms with Crippen LogP contribution in [0.1, 0.15) is 5.56 Å². The second-order valence-electron chi connectivity index (χ2n) is 4.30. The first kappa shape index (κ1) is 17.4. The van der Waals surface area contributed by atoms with E-state index in [4.69, 9.17) is 45.6 Å². The van der Waals surface area contributed by atoms with Gasteiger partial charge in [-0.2, -0.15) is 0 Å². The molecule has 0 saturated heterocycles. The van der Waals surface area contributed by atoms with E-state index in [-0.39, 0.29) is 6.42 Å². The molecule has 1 rings (SSSR count). The molecule has 3 N–H and O–H groups in total. The highest BCUT2D eigenvalue weighted by Crippen LogP contribution is 2.27. The molecule has 0 spiro atoms. The molecule has 0 amide bonds. The molecule has 0 aliphatic heterocycles. The zero-order valence-corrected chi connectivity index (χ0v) is 13.1. The van der Waals surface area contributed by atoms with Crippen molar-refractivity contribution >= 4 is 46.5 Å². The number of aliphatic carboxylic acids is 1. The molecule has 0 bridgehead atoms. The number of alkyl halides is 2. The molecule has 0 aliphatic rings. The molecule has 7 heteroatoms. The lowest BCUT2D eigenvalue weighted by Gasteiger charge is -2.24. The van der Waals surface area contributed by atoms with Gasteiger partial charge < -0.3 is 15.7 Å². The van der Waals surface area contributed by atoms with E-state index >= 15 is 0 Å². The van der Waals surface area contributed by atoms with Crippen molar-refractivity contribution in [2.24, 2.45) is 5.73 Å². The van der Waals surface area contributed by atoms with Crippen molar-refractivity contribution in [2.75, 3.05) is 29.7 Å². The van der Waals surface area contributed by atoms with Crippen LogP contribution in [-0.4, -0.2) is 42.0 Å². The van der Waals surface area contributed by atoms with Crippen molar-refractivity contribution < 1.29 is 9.90 Å². The third-order valence-electron chi connectivity index (χ3n) is 2.83. The fraction of sp³-hybridized carbons (Fsp3) is 0.462. The van der Waals surface area contributed by atoms with Crippen molar-refractivity contribution in [1.82, 2.24) is 0 Å². The van der Waals surface area contributed by atoms with Crippen molar-refractivity contribution in [3.63, 3.8) is 0 Å². The number of carboxylic acids is 1.